The van der Waals surface area contributed by atoms with Gasteiger partial charge in [-0.15, -0.1) is 0 Å². The van der Waals surface area contributed by atoms with Gasteiger partial charge in [0, 0.05) is 32.6 Å². The highest BCUT2D eigenvalue weighted by Gasteiger charge is 2.21. The lowest BCUT2D eigenvalue weighted by Gasteiger charge is -2.19. The van der Waals surface area contributed by atoms with E-state index in [1.807, 2.05) is 0 Å². The molecule has 146 valence electrons. The predicted octanol–water partition coefficient (Wildman–Crippen LogP) is 2.54. The molecule has 0 N–H and O–H groups in total. The van der Waals surface area contributed by atoms with Crippen molar-refractivity contribution in [1.29, 1.82) is 0 Å². The largest absolute Gasteiger partial charge is 0.467 e. The second-order valence-corrected chi connectivity index (χ2v) is 8.38. The molecular weight excluding hydrogens is 368 g/mol. The van der Waals surface area contributed by atoms with Gasteiger partial charge in [0.05, 0.1) is 17.7 Å². The lowest BCUT2D eigenvalue weighted by molar-refractivity contribution is -0.130. The third kappa shape index (κ3) is 5.51. The molecule has 0 saturated carbocycles. The Balaban J connectivity index is 1.87. The van der Waals surface area contributed by atoms with E-state index < -0.39 is 10.0 Å². The van der Waals surface area contributed by atoms with Crippen LogP contribution in [0.25, 0.3) is 0 Å². The van der Waals surface area contributed by atoms with Crippen LogP contribution in [-0.2, 0) is 21.4 Å². The molecule has 1 heterocycles. The van der Waals surface area contributed by atoms with Crippen LogP contribution in [0.1, 0.15) is 35.9 Å². The Labute approximate surface area is 159 Å². The van der Waals surface area contributed by atoms with Gasteiger partial charge in [-0.05, 0) is 37.6 Å². The lowest BCUT2D eigenvalue weighted by atomic mass is 10.2. The van der Waals surface area contributed by atoms with E-state index in [2.05, 4.69) is 0 Å². The molecule has 0 atom stereocenters. The Hall–Kier alpha value is -2.45. The van der Waals surface area contributed by atoms with E-state index >= 15 is 0 Å². The molecule has 2 rings (SSSR count). The number of carbonyl (C=O) groups excluding carboxylic acids is 2. The van der Waals surface area contributed by atoms with Crippen molar-refractivity contribution in [2.24, 2.45) is 0 Å². The van der Waals surface area contributed by atoms with Gasteiger partial charge in [-0.2, -0.15) is 0 Å². The van der Waals surface area contributed by atoms with Crippen LogP contribution in [0.4, 0.5) is 0 Å². The van der Waals surface area contributed by atoms with Crippen LogP contribution in [0.3, 0.4) is 0 Å². The number of Topliss-reactive ketones (excluding diaryl/α,β-unsaturated/α-hetero) is 1. The van der Waals surface area contributed by atoms with Crippen molar-refractivity contribution >= 4 is 21.7 Å². The molecule has 2 aromatic rings. The monoisotopic (exact) mass is 392 g/mol. The number of benzene rings is 1. The molecule has 1 aromatic heterocycles. The number of hydrogen-bond donors (Lipinski definition) is 0. The summed E-state index contributed by atoms with van der Waals surface area (Å²) in [5.41, 5.74) is 0.460. The fourth-order valence-electron chi connectivity index (χ4n) is 2.53. The van der Waals surface area contributed by atoms with Crippen molar-refractivity contribution < 1.29 is 22.4 Å². The number of sulfonamides is 1. The first-order chi connectivity index (χ1) is 12.7. The van der Waals surface area contributed by atoms with Crippen molar-refractivity contribution in [3.05, 3.63) is 54.0 Å². The molecule has 7 nitrogen and oxygen atoms in total. The van der Waals surface area contributed by atoms with Crippen LogP contribution in [0, 0.1) is 0 Å². The first-order valence-electron chi connectivity index (χ1n) is 8.55. The summed E-state index contributed by atoms with van der Waals surface area (Å²) in [5.74, 6) is 0.493. The van der Waals surface area contributed by atoms with Crippen molar-refractivity contribution in [3.8, 4) is 0 Å². The predicted molar refractivity (Wildman–Crippen MR) is 101 cm³/mol. The minimum atomic E-state index is -3.66. The minimum Gasteiger partial charge on any atom is -0.467 e. The summed E-state index contributed by atoms with van der Waals surface area (Å²) < 4.78 is 31.6. The summed E-state index contributed by atoms with van der Waals surface area (Å²) in [4.78, 5) is 25.1. The van der Waals surface area contributed by atoms with E-state index in [0.717, 1.165) is 0 Å². The molecule has 0 saturated heterocycles. The summed E-state index contributed by atoms with van der Waals surface area (Å²) >= 11 is 0. The van der Waals surface area contributed by atoms with E-state index in [1.54, 1.807) is 30.3 Å². The molecule has 0 aliphatic heterocycles. The van der Waals surface area contributed by atoms with Gasteiger partial charge >= 0.3 is 0 Å². The molecular formula is C19H24N2O5S. The molecule has 0 spiro atoms. The van der Waals surface area contributed by atoms with Gasteiger partial charge in [-0.25, -0.2) is 12.7 Å². The van der Waals surface area contributed by atoms with Crippen molar-refractivity contribution in [2.75, 3.05) is 20.6 Å². The highest BCUT2D eigenvalue weighted by Crippen LogP contribution is 2.16. The van der Waals surface area contributed by atoms with E-state index in [0.29, 0.717) is 24.3 Å². The fraction of sp³-hybridized carbons (Fsp3) is 0.368. The van der Waals surface area contributed by atoms with E-state index in [-0.39, 0.29) is 29.6 Å². The van der Waals surface area contributed by atoms with E-state index in [9.17, 15) is 18.0 Å². The summed E-state index contributed by atoms with van der Waals surface area (Å²) in [7, 11) is -0.499. The molecule has 8 heteroatoms. The maximum Gasteiger partial charge on any atom is 0.242 e. The van der Waals surface area contributed by atoms with Gasteiger partial charge in [0.25, 0.3) is 0 Å². The second-order valence-electron chi connectivity index (χ2n) is 6.34. The van der Waals surface area contributed by atoms with Crippen LogP contribution in [0.15, 0.2) is 52.0 Å². The number of furan rings is 1. The average molecular weight is 392 g/mol. The zero-order valence-electron chi connectivity index (χ0n) is 15.7. The van der Waals surface area contributed by atoms with Crippen LogP contribution in [-0.4, -0.2) is 50.0 Å². The Bertz CT molecular complexity index is 873. The Morgan fingerprint density at radius 2 is 1.74 bits per heavy atom. The van der Waals surface area contributed by atoms with Crippen molar-refractivity contribution in [2.45, 2.75) is 31.2 Å². The summed E-state index contributed by atoms with van der Waals surface area (Å²) in [6, 6.07) is 9.39. The molecule has 0 aliphatic rings. The summed E-state index contributed by atoms with van der Waals surface area (Å²) in [6.07, 6.45) is 2.19. The topological polar surface area (TPSA) is 87.9 Å². The van der Waals surface area contributed by atoms with Crippen LogP contribution >= 0.6 is 0 Å². The zero-order valence-corrected chi connectivity index (χ0v) is 16.5. The SMILES string of the molecule is CC(=O)c1ccc(S(=O)(=O)N(C)CCCC(=O)N(C)Cc2ccco2)cc1. The minimum absolute atomic E-state index is 0.0805. The van der Waals surface area contributed by atoms with E-state index in [4.69, 9.17) is 4.42 Å². The van der Waals surface area contributed by atoms with Gasteiger partial charge in [0.1, 0.15) is 5.76 Å². The maximum atomic E-state index is 12.6. The summed E-state index contributed by atoms with van der Waals surface area (Å²) in [6.45, 7) is 2.02. The average Bonchev–Trinajstić information content (AvgIpc) is 3.14. The van der Waals surface area contributed by atoms with Crippen LogP contribution < -0.4 is 0 Å². The first kappa shape index (κ1) is 20.9. The molecule has 27 heavy (non-hydrogen) atoms. The molecule has 1 amide bonds. The molecule has 0 unspecified atom stereocenters. The number of nitrogens with zero attached hydrogens (tertiary/aromatic N) is 2. The molecule has 0 fully saturated rings. The molecule has 0 aliphatic carbocycles. The highest BCUT2D eigenvalue weighted by molar-refractivity contribution is 7.89. The van der Waals surface area contributed by atoms with Gasteiger partial charge in [0.15, 0.2) is 5.78 Å². The number of rotatable bonds is 9. The second kappa shape index (κ2) is 8.96. The fourth-order valence-corrected chi connectivity index (χ4v) is 3.74. The number of hydrogen-bond acceptors (Lipinski definition) is 5. The van der Waals surface area contributed by atoms with Gasteiger partial charge in [-0.3, -0.25) is 9.59 Å². The third-order valence-corrected chi connectivity index (χ3v) is 6.10. The molecule has 1 aromatic carbocycles. The van der Waals surface area contributed by atoms with Crippen LogP contribution in [0.2, 0.25) is 0 Å². The van der Waals surface area contributed by atoms with Gasteiger partial charge in [0.2, 0.25) is 15.9 Å². The highest BCUT2D eigenvalue weighted by atomic mass is 32.2. The smallest absolute Gasteiger partial charge is 0.242 e. The normalized spacial score (nSPS) is 11.6. The standard InChI is InChI=1S/C19H24N2O5S/c1-15(22)16-8-10-18(11-9-16)27(24,25)21(3)12-4-7-19(23)20(2)14-17-6-5-13-26-17/h5-6,8-11,13H,4,7,12,14H2,1-3H3. The lowest BCUT2D eigenvalue weighted by Crippen LogP contribution is -2.30. The van der Waals surface area contributed by atoms with Crippen molar-refractivity contribution in [3.63, 3.8) is 0 Å². The molecule has 0 bridgehead atoms. The quantitative estimate of drug-likeness (QED) is 0.612. The van der Waals surface area contributed by atoms with Crippen molar-refractivity contribution in [1.82, 2.24) is 9.21 Å². The number of carbonyl (C=O) groups is 2. The zero-order chi connectivity index (χ0) is 20.0. The molecule has 0 radical (unpaired) electrons. The number of amides is 1. The van der Waals surface area contributed by atoms with E-state index in [1.165, 1.54) is 42.5 Å². The Morgan fingerprint density at radius 1 is 1.07 bits per heavy atom. The first-order valence-corrected chi connectivity index (χ1v) is 9.99. The number of ketones is 1. The van der Waals surface area contributed by atoms with Crippen LogP contribution in [0.5, 0.6) is 0 Å². The Kier molecular flexibility index (Phi) is 6.92. The maximum absolute atomic E-state index is 12.6. The van der Waals surface area contributed by atoms with Gasteiger partial charge < -0.3 is 9.32 Å². The van der Waals surface area contributed by atoms with Gasteiger partial charge in [-0.1, -0.05) is 12.1 Å². The third-order valence-electron chi connectivity index (χ3n) is 4.23. The Morgan fingerprint density at radius 3 is 2.30 bits per heavy atom. The summed E-state index contributed by atoms with van der Waals surface area (Å²) in [5, 5.41) is 0.